The van der Waals surface area contributed by atoms with Gasteiger partial charge in [-0.15, -0.1) is 11.3 Å². The number of nitrogens with two attached hydrogens (primary N) is 1. The van der Waals surface area contributed by atoms with Crippen molar-refractivity contribution in [2.75, 3.05) is 11.1 Å². The van der Waals surface area contributed by atoms with Crippen molar-refractivity contribution in [3.63, 3.8) is 0 Å². The van der Waals surface area contributed by atoms with E-state index in [9.17, 15) is 4.79 Å². The molecule has 0 aromatic carbocycles. The van der Waals surface area contributed by atoms with E-state index in [2.05, 4.69) is 10.3 Å². The van der Waals surface area contributed by atoms with Crippen LogP contribution in [0.4, 0.5) is 10.8 Å². The fourth-order valence-electron chi connectivity index (χ4n) is 1.79. The summed E-state index contributed by atoms with van der Waals surface area (Å²) in [4.78, 5) is 17.6. The Morgan fingerprint density at radius 1 is 1.61 bits per heavy atom. The minimum atomic E-state index is -0.189. The molecule has 0 saturated carbocycles. The molecular weight excluding hydrogens is 248 g/mol. The normalized spacial score (nSPS) is 10.6. The smallest absolute Gasteiger partial charge is 0.274 e. The van der Waals surface area contributed by atoms with Crippen molar-refractivity contribution >= 4 is 28.1 Å². The molecule has 3 N–H and O–H groups in total. The second-order valence-corrected chi connectivity index (χ2v) is 5.30. The molecule has 0 aliphatic carbocycles. The van der Waals surface area contributed by atoms with Crippen LogP contribution in [-0.2, 0) is 13.5 Å². The van der Waals surface area contributed by atoms with E-state index in [0.717, 1.165) is 17.0 Å². The predicted molar refractivity (Wildman–Crippen MR) is 74.0 cm³/mol. The van der Waals surface area contributed by atoms with E-state index in [0.29, 0.717) is 16.5 Å². The van der Waals surface area contributed by atoms with Crippen LogP contribution >= 0.6 is 11.3 Å². The van der Waals surface area contributed by atoms with Crippen LogP contribution in [0.2, 0.25) is 0 Å². The predicted octanol–water partition coefficient (Wildman–Crippen LogP) is 2.19. The van der Waals surface area contributed by atoms with Crippen LogP contribution in [-0.4, -0.2) is 15.5 Å². The number of aromatic nitrogens is 2. The highest BCUT2D eigenvalue weighted by Crippen LogP contribution is 2.23. The third-order valence-electron chi connectivity index (χ3n) is 2.71. The first kappa shape index (κ1) is 12.6. The molecule has 18 heavy (non-hydrogen) atoms. The van der Waals surface area contributed by atoms with Crippen molar-refractivity contribution in [2.45, 2.75) is 20.3 Å². The highest BCUT2D eigenvalue weighted by molar-refractivity contribution is 7.15. The van der Waals surface area contributed by atoms with Gasteiger partial charge in [-0.25, -0.2) is 4.98 Å². The van der Waals surface area contributed by atoms with Gasteiger partial charge in [-0.3, -0.25) is 10.1 Å². The molecule has 5 nitrogen and oxygen atoms in total. The summed E-state index contributed by atoms with van der Waals surface area (Å²) in [5.74, 6) is -0.189. The highest BCUT2D eigenvalue weighted by Gasteiger charge is 2.14. The van der Waals surface area contributed by atoms with Gasteiger partial charge < -0.3 is 10.3 Å². The number of nitrogens with zero attached hydrogens (tertiary/aromatic N) is 2. The van der Waals surface area contributed by atoms with Gasteiger partial charge in [-0.05, 0) is 19.4 Å². The SMILES string of the molecule is CCc1nc(NC(=O)c2cc(N)cn2C)sc1C. The molecule has 0 spiro atoms. The van der Waals surface area contributed by atoms with Crippen molar-refractivity contribution in [1.29, 1.82) is 0 Å². The van der Waals surface area contributed by atoms with Gasteiger partial charge in [-0.1, -0.05) is 6.92 Å². The highest BCUT2D eigenvalue weighted by atomic mass is 32.1. The minimum Gasteiger partial charge on any atom is -0.397 e. The Hall–Kier alpha value is -1.82. The van der Waals surface area contributed by atoms with E-state index in [4.69, 9.17) is 5.73 Å². The van der Waals surface area contributed by atoms with E-state index in [1.165, 1.54) is 11.3 Å². The number of anilines is 2. The average molecular weight is 264 g/mol. The number of amides is 1. The molecule has 0 bridgehead atoms. The van der Waals surface area contributed by atoms with Crippen molar-refractivity contribution in [2.24, 2.45) is 7.05 Å². The summed E-state index contributed by atoms with van der Waals surface area (Å²) in [6, 6.07) is 1.65. The summed E-state index contributed by atoms with van der Waals surface area (Å²) >= 11 is 1.49. The largest absolute Gasteiger partial charge is 0.397 e. The molecule has 0 radical (unpaired) electrons. The lowest BCUT2D eigenvalue weighted by atomic mass is 10.3. The summed E-state index contributed by atoms with van der Waals surface area (Å²) in [6.07, 6.45) is 2.58. The van der Waals surface area contributed by atoms with Gasteiger partial charge in [0.1, 0.15) is 5.69 Å². The standard InChI is InChI=1S/C12H16N4OS/c1-4-9-7(2)18-12(14-9)15-11(17)10-5-8(13)6-16(10)3/h5-6H,4,13H2,1-3H3,(H,14,15,17). The number of carbonyl (C=O) groups is 1. The van der Waals surface area contributed by atoms with Crippen LogP contribution in [0.25, 0.3) is 0 Å². The van der Waals surface area contributed by atoms with E-state index in [1.807, 2.05) is 13.8 Å². The van der Waals surface area contributed by atoms with Crippen LogP contribution in [0.1, 0.15) is 28.0 Å². The molecule has 96 valence electrons. The maximum atomic E-state index is 12.0. The summed E-state index contributed by atoms with van der Waals surface area (Å²) in [5.41, 5.74) is 7.78. The lowest BCUT2D eigenvalue weighted by Crippen LogP contribution is -2.15. The summed E-state index contributed by atoms with van der Waals surface area (Å²) in [5, 5.41) is 3.43. The van der Waals surface area contributed by atoms with Crippen LogP contribution < -0.4 is 11.1 Å². The van der Waals surface area contributed by atoms with Gasteiger partial charge in [0, 0.05) is 18.1 Å². The molecule has 0 fully saturated rings. The van der Waals surface area contributed by atoms with Crippen LogP contribution in [0.15, 0.2) is 12.3 Å². The molecule has 0 aliphatic heterocycles. The molecule has 2 aromatic heterocycles. The third kappa shape index (κ3) is 2.38. The molecule has 6 heteroatoms. The van der Waals surface area contributed by atoms with E-state index < -0.39 is 0 Å². The number of hydrogen-bond acceptors (Lipinski definition) is 4. The average Bonchev–Trinajstić information content (AvgIpc) is 2.81. The minimum absolute atomic E-state index is 0.189. The molecule has 1 amide bonds. The van der Waals surface area contributed by atoms with E-state index in [-0.39, 0.29) is 5.91 Å². The van der Waals surface area contributed by atoms with Crippen molar-refractivity contribution in [1.82, 2.24) is 9.55 Å². The topological polar surface area (TPSA) is 72.9 Å². The van der Waals surface area contributed by atoms with E-state index >= 15 is 0 Å². The first-order valence-electron chi connectivity index (χ1n) is 5.70. The second kappa shape index (κ2) is 4.81. The molecule has 2 aromatic rings. The molecule has 0 aliphatic rings. The lowest BCUT2D eigenvalue weighted by molar-refractivity contribution is 0.101. The number of hydrogen-bond donors (Lipinski definition) is 2. The van der Waals surface area contributed by atoms with Gasteiger partial charge in [-0.2, -0.15) is 0 Å². The lowest BCUT2D eigenvalue weighted by Gasteiger charge is -2.02. The number of nitrogens with one attached hydrogen (secondary N) is 1. The summed E-state index contributed by atoms with van der Waals surface area (Å²) in [6.45, 7) is 4.05. The maximum Gasteiger partial charge on any atom is 0.274 e. The van der Waals surface area contributed by atoms with Crippen molar-refractivity contribution in [3.05, 3.63) is 28.5 Å². The first-order valence-corrected chi connectivity index (χ1v) is 6.52. The van der Waals surface area contributed by atoms with Crippen LogP contribution in [0, 0.1) is 6.92 Å². The molecule has 0 unspecified atom stereocenters. The Morgan fingerprint density at radius 2 is 2.33 bits per heavy atom. The summed E-state index contributed by atoms with van der Waals surface area (Å²) in [7, 11) is 1.79. The van der Waals surface area contributed by atoms with Crippen molar-refractivity contribution < 1.29 is 4.79 Å². The Balaban J connectivity index is 2.18. The molecule has 0 saturated heterocycles. The van der Waals surface area contributed by atoms with Gasteiger partial charge in [0.25, 0.3) is 5.91 Å². The Labute approximate surface area is 110 Å². The Kier molecular flexibility index (Phi) is 3.38. The van der Waals surface area contributed by atoms with Crippen LogP contribution in [0.5, 0.6) is 0 Å². The zero-order valence-electron chi connectivity index (χ0n) is 10.7. The zero-order chi connectivity index (χ0) is 13.3. The van der Waals surface area contributed by atoms with Gasteiger partial charge in [0.2, 0.25) is 0 Å². The maximum absolute atomic E-state index is 12.0. The van der Waals surface area contributed by atoms with Crippen LogP contribution in [0.3, 0.4) is 0 Å². The van der Waals surface area contributed by atoms with Crippen molar-refractivity contribution in [3.8, 4) is 0 Å². The number of thiazole rings is 1. The number of carbonyl (C=O) groups excluding carboxylic acids is 1. The van der Waals surface area contributed by atoms with Gasteiger partial charge >= 0.3 is 0 Å². The number of rotatable bonds is 3. The third-order valence-corrected chi connectivity index (χ3v) is 3.64. The monoisotopic (exact) mass is 264 g/mol. The fourth-order valence-corrected chi connectivity index (χ4v) is 2.68. The Bertz CT molecular complexity index is 585. The fraction of sp³-hybridized carbons (Fsp3) is 0.333. The molecule has 0 atom stereocenters. The van der Waals surface area contributed by atoms with Gasteiger partial charge in [0.05, 0.1) is 11.4 Å². The molecule has 2 rings (SSSR count). The summed E-state index contributed by atoms with van der Waals surface area (Å²) < 4.78 is 1.70. The Morgan fingerprint density at radius 3 is 2.83 bits per heavy atom. The zero-order valence-corrected chi connectivity index (χ0v) is 11.5. The molecule has 2 heterocycles. The van der Waals surface area contributed by atoms with Gasteiger partial charge in [0.15, 0.2) is 5.13 Å². The second-order valence-electron chi connectivity index (χ2n) is 4.10. The number of aryl methyl sites for hydroxylation is 3. The quantitative estimate of drug-likeness (QED) is 0.892. The number of nitrogen functional groups attached to an aromatic ring is 1. The molecular formula is C12H16N4OS. The van der Waals surface area contributed by atoms with E-state index in [1.54, 1.807) is 23.9 Å². The first-order chi connectivity index (χ1) is 8.51.